The van der Waals surface area contributed by atoms with Gasteiger partial charge in [0.25, 0.3) is 5.91 Å². The van der Waals surface area contributed by atoms with Crippen LogP contribution in [0.1, 0.15) is 23.7 Å². The van der Waals surface area contributed by atoms with E-state index < -0.39 is 0 Å². The number of aromatic nitrogens is 1. The van der Waals surface area contributed by atoms with Gasteiger partial charge in [-0.3, -0.25) is 14.7 Å². The summed E-state index contributed by atoms with van der Waals surface area (Å²) in [5.41, 5.74) is 1.64. The van der Waals surface area contributed by atoms with Gasteiger partial charge in [0, 0.05) is 31.4 Å². The molecule has 4 nitrogen and oxygen atoms in total. The Balaban J connectivity index is 1.50. The van der Waals surface area contributed by atoms with E-state index in [1.165, 1.54) is 6.42 Å². The van der Waals surface area contributed by atoms with E-state index in [4.69, 9.17) is 0 Å². The molecule has 2 aliphatic heterocycles. The Bertz CT molecular complexity index is 666. The second-order valence-corrected chi connectivity index (χ2v) is 6.85. The molecule has 0 aliphatic carbocycles. The molecule has 2 aliphatic rings. The first-order valence-electron chi connectivity index (χ1n) is 7.09. The average molecular weight is 287 g/mol. The first-order valence-corrected chi connectivity index (χ1v) is 7.97. The lowest BCUT2D eigenvalue weighted by molar-refractivity contribution is 0.0918. The van der Waals surface area contributed by atoms with Crippen molar-refractivity contribution < 1.29 is 4.79 Å². The van der Waals surface area contributed by atoms with Gasteiger partial charge in [-0.05, 0) is 36.8 Å². The van der Waals surface area contributed by atoms with Crippen molar-refractivity contribution >= 4 is 27.5 Å². The lowest BCUT2D eigenvalue weighted by atomic mass is 9.96. The Morgan fingerprint density at radius 1 is 1.50 bits per heavy atom. The van der Waals surface area contributed by atoms with Crippen LogP contribution in [-0.4, -0.2) is 41.0 Å². The van der Waals surface area contributed by atoms with E-state index in [1.807, 2.05) is 17.5 Å². The highest BCUT2D eigenvalue weighted by molar-refractivity contribution is 7.17. The number of piperidine rings is 1. The van der Waals surface area contributed by atoms with E-state index in [9.17, 15) is 4.79 Å². The van der Waals surface area contributed by atoms with Crippen molar-refractivity contribution in [2.75, 3.05) is 13.1 Å². The minimum absolute atomic E-state index is 0.0132. The summed E-state index contributed by atoms with van der Waals surface area (Å²) in [6.45, 7) is 4.40. The Labute approximate surface area is 121 Å². The topological polar surface area (TPSA) is 45.2 Å². The Morgan fingerprint density at radius 3 is 3.15 bits per heavy atom. The fourth-order valence-corrected chi connectivity index (χ4v) is 4.26. The molecule has 0 saturated carbocycles. The molecule has 20 heavy (non-hydrogen) atoms. The summed E-state index contributed by atoms with van der Waals surface area (Å²) < 4.78 is 1.07. The predicted octanol–water partition coefficient (Wildman–Crippen LogP) is 2.12. The molecule has 0 aromatic carbocycles. The molecule has 4 unspecified atom stereocenters. The zero-order chi connectivity index (χ0) is 13.7. The summed E-state index contributed by atoms with van der Waals surface area (Å²) in [5, 5.41) is 5.19. The number of nitrogens with zero attached hydrogens (tertiary/aromatic N) is 2. The molecule has 0 spiro atoms. The normalized spacial score (nSPS) is 31.9. The molecular formula is C15H17N3OS. The number of pyridine rings is 1. The van der Waals surface area contributed by atoms with Crippen LogP contribution in [0.25, 0.3) is 10.2 Å². The molecule has 4 atom stereocenters. The molecule has 2 bridgehead atoms. The van der Waals surface area contributed by atoms with Crippen molar-refractivity contribution in [2.45, 2.75) is 25.4 Å². The summed E-state index contributed by atoms with van der Waals surface area (Å²) >= 11 is 1.62. The maximum Gasteiger partial charge on any atom is 0.253 e. The van der Waals surface area contributed by atoms with Crippen LogP contribution < -0.4 is 5.32 Å². The summed E-state index contributed by atoms with van der Waals surface area (Å²) in [4.78, 5) is 19.2. The number of hydrogen-bond acceptors (Lipinski definition) is 4. The highest BCUT2D eigenvalue weighted by atomic mass is 32.1. The number of amides is 1. The summed E-state index contributed by atoms with van der Waals surface area (Å²) in [7, 11) is 0. The van der Waals surface area contributed by atoms with Crippen LogP contribution >= 0.6 is 11.3 Å². The van der Waals surface area contributed by atoms with E-state index in [-0.39, 0.29) is 5.91 Å². The highest BCUT2D eigenvalue weighted by Crippen LogP contribution is 2.33. The number of thiophene rings is 1. The van der Waals surface area contributed by atoms with E-state index >= 15 is 0 Å². The van der Waals surface area contributed by atoms with Crippen LogP contribution in [0.5, 0.6) is 0 Å². The molecule has 4 heterocycles. The van der Waals surface area contributed by atoms with Crippen LogP contribution in [0.3, 0.4) is 0 Å². The van der Waals surface area contributed by atoms with Gasteiger partial charge in [0.05, 0.1) is 15.8 Å². The largest absolute Gasteiger partial charge is 0.348 e. The first kappa shape index (κ1) is 12.3. The smallest absolute Gasteiger partial charge is 0.253 e. The van der Waals surface area contributed by atoms with Crippen molar-refractivity contribution in [3.63, 3.8) is 0 Å². The van der Waals surface area contributed by atoms with Crippen LogP contribution in [0.15, 0.2) is 23.7 Å². The third kappa shape index (κ3) is 1.93. The standard InChI is InChI=1S/C15H17N3OS/c1-9-4-11-7-18(9)8-13(11)17-15(19)10-5-14-12(16-6-10)2-3-20-14/h2-3,5-6,9,11,13H,4,7-8H2,1H3,(H,17,19). The molecule has 5 heteroatoms. The maximum atomic E-state index is 12.4. The molecule has 2 aromatic heterocycles. The Hall–Kier alpha value is -1.46. The lowest BCUT2D eigenvalue weighted by Gasteiger charge is -2.27. The summed E-state index contributed by atoms with van der Waals surface area (Å²) in [5.74, 6) is 0.631. The SMILES string of the molecule is CC1CC2CN1CC2NC(=O)c1cnc2ccsc2c1. The van der Waals surface area contributed by atoms with Crippen LogP contribution in [0, 0.1) is 5.92 Å². The number of rotatable bonds is 2. The van der Waals surface area contributed by atoms with Crippen molar-refractivity contribution in [1.82, 2.24) is 15.2 Å². The number of carbonyl (C=O) groups is 1. The van der Waals surface area contributed by atoms with E-state index in [0.29, 0.717) is 23.6 Å². The molecule has 0 radical (unpaired) electrons. The first-order chi connectivity index (χ1) is 9.70. The Morgan fingerprint density at radius 2 is 2.40 bits per heavy atom. The molecule has 2 aromatic rings. The fourth-order valence-electron chi connectivity index (χ4n) is 3.48. The summed E-state index contributed by atoms with van der Waals surface area (Å²) in [6.07, 6.45) is 2.88. The van der Waals surface area contributed by atoms with Gasteiger partial charge in [-0.1, -0.05) is 0 Å². The third-order valence-corrected chi connectivity index (χ3v) is 5.47. The van der Waals surface area contributed by atoms with E-state index in [0.717, 1.165) is 23.3 Å². The van der Waals surface area contributed by atoms with Crippen LogP contribution in [-0.2, 0) is 0 Å². The van der Waals surface area contributed by atoms with Crippen molar-refractivity contribution in [3.05, 3.63) is 29.3 Å². The number of fused-ring (bicyclic) bond motifs is 3. The maximum absolute atomic E-state index is 12.4. The number of nitrogens with one attached hydrogen (secondary N) is 1. The second kappa shape index (κ2) is 4.53. The Kier molecular flexibility index (Phi) is 2.79. The monoisotopic (exact) mass is 287 g/mol. The zero-order valence-electron chi connectivity index (χ0n) is 11.4. The van der Waals surface area contributed by atoms with E-state index in [2.05, 4.69) is 22.1 Å². The molecule has 1 amide bonds. The number of hydrogen-bond donors (Lipinski definition) is 1. The van der Waals surface area contributed by atoms with Crippen LogP contribution in [0.2, 0.25) is 0 Å². The van der Waals surface area contributed by atoms with Gasteiger partial charge in [-0.2, -0.15) is 0 Å². The van der Waals surface area contributed by atoms with Gasteiger partial charge < -0.3 is 5.32 Å². The predicted molar refractivity (Wildman–Crippen MR) is 80.0 cm³/mol. The second-order valence-electron chi connectivity index (χ2n) is 5.91. The molecular weight excluding hydrogens is 270 g/mol. The zero-order valence-corrected chi connectivity index (χ0v) is 12.2. The van der Waals surface area contributed by atoms with Crippen molar-refractivity contribution in [3.8, 4) is 0 Å². The van der Waals surface area contributed by atoms with E-state index in [1.54, 1.807) is 17.5 Å². The quantitative estimate of drug-likeness (QED) is 0.920. The molecule has 104 valence electrons. The van der Waals surface area contributed by atoms with Crippen molar-refractivity contribution in [1.29, 1.82) is 0 Å². The fraction of sp³-hybridized carbons (Fsp3) is 0.467. The average Bonchev–Trinajstić information content (AvgIpc) is 3.12. The third-order valence-electron chi connectivity index (χ3n) is 4.62. The minimum Gasteiger partial charge on any atom is -0.348 e. The van der Waals surface area contributed by atoms with Crippen molar-refractivity contribution in [2.24, 2.45) is 5.92 Å². The summed E-state index contributed by atoms with van der Waals surface area (Å²) in [6, 6.07) is 4.90. The van der Waals surface area contributed by atoms with Gasteiger partial charge >= 0.3 is 0 Å². The lowest BCUT2D eigenvalue weighted by Crippen LogP contribution is -2.45. The van der Waals surface area contributed by atoms with Crippen LogP contribution in [0.4, 0.5) is 0 Å². The minimum atomic E-state index is 0.0132. The molecule has 2 fully saturated rings. The highest BCUT2D eigenvalue weighted by Gasteiger charge is 2.42. The molecule has 1 N–H and O–H groups in total. The molecule has 4 rings (SSSR count). The number of carbonyl (C=O) groups excluding carboxylic acids is 1. The van der Waals surface area contributed by atoms with Gasteiger partial charge in [-0.25, -0.2) is 0 Å². The van der Waals surface area contributed by atoms with Gasteiger partial charge in [-0.15, -0.1) is 11.3 Å². The van der Waals surface area contributed by atoms with Gasteiger partial charge in [0.2, 0.25) is 0 Å². The van der Waals surface area contributed by atoms with Gasteiger partial charge in [0.15, 0.2) is 0 Å². The molecule has 2 saturated heterocycles. The van der Waals surface area contributed by atoms with Gasteiger partial charge in [0.1, 0.15) is 0 Å².